The average Bonchev–Trinajstić information content (AvgIpc) is 2.58. The Balaban J connectivity index is 1.94. The van der Waals surface area contributed by atoms with Gasteiger partial charge in [0.15, 0.2) is 0 Å². The lowest BCUT2D eigenvalue weighted by atomic mass is 9.85. The highest BCUT2D eigenvalue weighted by Crippen LogP contribution is 2.32. The lowest BCUT2D eigenvalue weighted by Crippen LogP contribution is -2.29. The second-order valence-electron chi connectivity index (χ2n) is 4.38. The zero-order valence-corrected chi connectivity index (χ0v) is 8.05. The lowest BCUT2D eigenvalue weighted by molar-refractivity contribution is 0.169. The standard InChI is InChI=1S/C10H19NO/c1-7-5-10(8(2)11-7)9-3-4-12-6-9/h7-11H,3-6H2,1-2H3. The van der Waals surface area contributed by atoms with E-state index in [1.807, 2.05) is 0 Å². The van der Waals surface area contributed by atoms with Crippen LogP contribution in [0.15, 0.2) is 0 Å². The molecular weight excluding hydrogens is 150 g/mol. The first-order valence-electron chi connectivity index (χ1n) is 5.11. The molecule has 2 saturated heterocycles. The molecule has 2 nitrogen and oxygen atoms in total. The fraction of sp³-hybridized carbons (Fsp3) is 1.00. The van der Waals surface area contributed by atoms with Crippen molar-refractivity contribution in [1.29, 1.82) is 0 Å². The van der Waals surface area contributed by atoms with Gasteiger partial charge < -0.3 is 10.1 Å². The number of rotatable bonds is 1. The zero-order valence-electron chi connectivity index (χ0n) is 8.05. The van der Waals surface area contributed by atoms with Gasteiger partial charge in [0.1, 0.15) is 0 Å². The second kappa shape index (κ2) is 3.35. The van der Waals surface area contributed by atoms with Crippen LogP contribution < -0.4 is 5.32 Å². The topological polar surface area (TPSA) is 21.3 Å². The highest BCUT2D eigenvalue weighted by Gasteiger charge is 2.35. The molecule has 0 aromatic heterocycles. The van der Waals surface area contributed by atoms with Gasteiger partial charge in [-0.2, -0.15) is 0 Å². The predicted molar refractivity (Wildman–Crippen MR) is 49.1 cm³/mol. The van der Waals surface area contributed by atoms with Crippen LogP contribution in [0, 0.1) is 11.8 Å². The molecule has 0 aliphatic carbocycles. The first kappa shape index (κ1) is 8.52. The van der Waals surface area contributed by atoms with Crippen LogP contribution in [0.2, 0.25) is 0 Å². The van der Waals surface area contributed by atoms with Crippen molar-refractivity contribution in [3.8, 4) is 0 Å². The third kappa shape index (κ3) is 1.50. The molecule has 1 N–H and O–H groups in total. The Morgan fingerprint density at radius 1 is 1.33 bits per heavy atom. The molecule has 2 heteroatoms. The van der Waals surface area contributed by atoms with E-state index in [2.05, 4.69) is 19.2 Å². The molecule has 2 aliphatic rings. The van der Waals surface area contributed by atoms with Crippen molar-refractivity contribution in [3.63, 3.8) is 0 Å². The first-order valence-corrected chi connectivity index (χ1v) is 5.11. The number of hydrogen-bond acceptors (Lipinski definition) is 2. The second-order valence-corrected chi connectivity index (χ2v) is 4.38. The molecule has 12 heavy (non-hydrogen) atoms. The van der Waals surface area contributed by atoms with Gasteiger partial charge in [0.25, 0.3) is 0 Å². The van der Waals surface area contributed by atoms with Gasteiger partial charge in [-0.3, -0.25) is 0 Å². The maximum Gasteiger partial charge on any atom is 0.0498 e. The fourth-order valence-corrected chi connectivity index (χ4v) is 2.74. The van der Waals surface area contributed by atoms with Crippen LogP contribution in [-0.2, 0) is 4.74 Å². The zero-order chi connectivity index (χ0) is 8.55. The summed E-state index contributed by atoms with van der Waals surface area (Å²) < 4.78 is 5.43. The van der Waals surface area contributed by atoms with Gasteiger partial charge in [0.2, 0.25) is 0 Å². The van der Waals surface area contributed by atoms with Crippen molar-refractivity contribution in [3.05, 3.63) is 0 Å². The summed E-state index contributed by atoms with van der Waals surface area (Å²) in [6, 6.07) is 1.41. The maximum absolute atomic E-state index is 5.43. The van der Waals surface area contributed by atoms with Gasteiger partial charge in [-0.25, -0.2) is 0 Å². The Morgan fingerprint density at radius 3 is 2.67 bits per heavy atom. The molecule has 2 rings (SSSR count). The normalized spacial score (nSPS) is 48.5. The van der Waals surface area contributed by atoms with E-state index in [0.717, 1.165) is 25.0 Å². The Morgan fingerprint density at radius 2 is 2.17 bits per heavy atom. The summed E-state index contributed by atoms with van der Waals surface area (Å²) in [6.07, 6.45) is 2.62. The summed E-state index contributed by atoms with van der Waals surface area (Å²) in [5.74, 6) is 1.69. The van der Waals surface area contributed by atoms with E-state index in [9.17, 15) is 0 Å². The quantitative estimate of drug-likeness (QED) is 0.641. The Hall–Kier alpha value is -0.0800. The molecule has 4 unspecified atom stereocenters. The monoisotopic (exact) mass is 169 g/mol. The van der Waals surface area contributed by atoms with E-state index in [-0.39, 0.29) is 0 Å². The van der Waals surface area contributed by atoms with Crippen molar-refractivity contribution in [2.24, 2.45) is 11.8 Å². The van der Waals surface area contributed by atoms with Crippen LogP contribution in [0.25, 0.3) is 0 Å². The number of ether oxygens (including phenoxy) is 1. The molecule has 0 saturated carbocycles. The Bertz CT molecular complexity index is 154. The van der Waals surface area contributed by atoms with Crippen LogP contribution in [0.4, 0.5) is 0 Å². The van der Waals surface area contributed by atoms with E-state index in [4.69, 9.17) is 4.74 Å². The van der Waals surface area contributed by atoms with Crippen molar-refractivity contribution in [2.45, 2.75) is 38.8 Å². The van der Waals surface area contributed by atoms with E-state index >= 15 is 0 Å². The largest absolute Gasteiger partial charge is 0.381 e. The van der Waals surface area contributed by atoms with Gasteiger partial charge in [0, 0.05) is 25.3 Å². The van der Waals surface area contributed by atoms with Crippen molar-refractivity contribution < 1.29 is 4.74 Å². The molecule has 2 heterocycles. The Labute approximate surface area is 74.7 Å². The third-order valence-electron chi connectivity index (χ3n) is 3.39. The van der Waals surface area contributed by atoms with Crippen LogP contribution in [0.1, 0.15) is 26.7 Å². The Kier molecular flexibility index (Phi) is 2.37. The summed E-state index contributed by atoms with van der Waals surface area (Å²) in [7, 11) is 0. The molecule has 0 aromatic rings. The van der Waals surface area contributed by atoms with Crippen LogP contribution in [0.5, 0.6) is 0 Å². The molecule has 0 amide bonds. The average molecular weight is 169 g/mol. The molecular formula is C10H19NO. The van der Waals surface area contributed by atoms with E-state index in [0.29, 0.717) is 12.1 Å². The van der Waals surface area contributed by atoms with Crippen LogP contribution in [0.3, 0.4) is 0 Å². The molecule has 4 atom stereocenters. The van der Waals surface area contributed by atoms with Gasteiger partial charge >= 0.3 is 0 Å². The number of nitrogens with one attached hydrogen (secondary N) is 1. The first-order chi connectivity index (χ1) is 5.77. The SMILES string of the molecule is CC1CC(C2CCOC2)C(C)N1. The van der Waals surface area contributed by atoms with E-state index in [1.165, 1.54) is 12.8 Å². The minimum absolute atomic E-state index is 0.701. The van der Waals surface area contributed by atoms with Crippen LogP contribution in [-0.4, -0.2) is 25.3 Å². The fourth-order valence-electron chi connectivity index (χ4n) is 2.74. The molecule has 2 aliphatic heterocycles. The van der Waals surface area contributed by atoms with Gasteiger partial charge in [-0.1, -0.05) is 0 Å². The summed E-state index contributed by atoms with van der Waals surface area (Å²) in [5, 5.41) is 3.59. The molecule has 0 radical (unpaired) electrons. The molecule has 0 aromatic carbocycles. The summed E-state index contributed by atoms with van der Waals surface area (Å²) >= 11 is 0. The summed E-state index contributed by atoms with van der Waals surface area (Å²) in [4.78, 5) is 0. The summed E-state index contributed by atoms with van der Waals surface area (Å²) in [5.41, 5.74) is 0. The number of hydrogen-bond donors (Lipinski definition) is 1. The third-order valence-corrected chi connectivity index (χ3v) is 3.39. The van der Waals surface area contributed by atoms with E-state index in [1.54, 1.807) is 0 Å². The van der Waals surface area contributed by atoms with Crippen LogP contribution >= 0.6 is 0 Å². The lowest BCUT2D eigenvalue weighted by Gasteiger charge is -2.20. The molecule has 0 bridgehead atoms. The highest BCUT2D eigenvalue weighted by atomic mass is 16.5. The smallest absolute Gasteiger partial charge is 0.0498 e. The van der Waals surface area contributed by atoms with Crippen molar-refractivity contribution in [1.82, 2.24) is 5.32 Å². The minimum Gasteiger partial charge on any atom is -0.381 e. The summed E-state index contributed by atoms with van der Waals surface area (Å²) in [6.45, 7) is 6.59. The van der Waals surface area contributed by atoms with E-state index < -0.39 is 0 Å². The van der Waals surface area contributed by atoms with Crippen molar-refractivity contribution >= 4 is 0 Å². The minimum atomic E-state index is 0.701. The molecule has 2 fully saturated rings. The predicted octanol–water partition coefficient (Wildman–Crippen LogP) is 1.41. The van der Waals surface area contributed by atoms with Gasteiger partial charge in [-0.05, 0) is 38.5 Å². The highest BCUT2D eigenvalue weighted by molar-refractivity contribution is 4.90. The molecule has 0 spiro atoms. The maximum atomic E-state index is 5.43. The van der Waals surface area contributed by atoms with Gasteiger partial charge in [-0.15, -0.1) is 0 Å². The molecule has 70 valence electrons. The van der Waals surface area contributed by atoms with Crippen molar-refractivity contribution in [2.75, 3.05) is 13.2 Å². The van der Waals surface area contributed by atoms with Gasteiger partial charge in [0.05, 0.1) is 0 Å².